The van der Waals surface area contributed by atoms with Crippen molar-refractivity contribution in [1.82, 2.24) is 0 Å². The van der Waals surface area contributed by atoms with Crippen LogP contribution in [0.1, 0.15) is 18.1 Å². The lowest BCUT2D eigenvalue weighted by Crippen LogP contribution is -2.25. The third kappa shape index (κ3) is 3.19. The first kappa shape index (κ1) is 15.0. The van der Waals surface area contributed by atoms with Crippen molar-refractivity contribution >= 4 is 15.9 Å². The van der Waals surface area contributed by atoms with E-state index in [0.29, 0.717) is 16.9 Å². The van der Waals surface area contributed by atoms with Crippen molar-refractivity contribution < 1.29 is 14.2 Å². The van der Waals surface area contributed by atoms with Crippen molar-refractivity contribution in [3.63, 3.8) is 0 Å². The molecule has 2 rings (SSSR count). The van der Waals surface area contributed by atoms with E-state index >= 15 is 0 Å². The first-order chi connectivity index (χ1) is 9.44. The summed E-state index contributed by atoms with van der Waals surface area (Å²) in [4.78, 5) is 0. The maximum absolute atomic E-state index is 13.3. The topological polar surface area (TPSA) is 29.5 Å². The molecule has 1 N–H and O–H groups in total. The van der Waals surface area contributed by atoms with Gasteiger partial charge in [-0.3, -0.25) is 0 Å². The van der Waals surface area contributed by atoms with Crippen LogP contribution in [0.25, 0.3) is 0 Å². The molecule has 0 heterocycles. The summed E-state index contributed by atoms with van der Waals surface area (Å²) in [6, 6.07) is 11.7. The van der Waals surface area contributed by atoms with E-state index in [4.69, 9.17) is 4.74 Å². The van der Waals surface area contributed by atoms with Crippen LogP contribution in [0.2, 0.25) is 0 Å². The number of hydrogen-bond acceptors (Lipinski definition) is 2. The second-order valence-electron chi connectivity index (χ2n) is 4.89. The number of methoxy groups -OCH3 is 1. The highest BCUT2D eigenvalue weighted by molar-refractivity contribution is 9.10. The summed E-state index contributed by atoms with van der Waals surface area (Å²) >= 11 is 3.38. The van der Waals surface area contributed by atoms with E-state index in [2.05, 4.69) is 15.9 Å². The first-order valence-electron chi connectivity index (χ1n) is 6.24. The molecule has 0 saturated heterocycles. The zero-order valence-electron chi connectivity index (χ0n) is 11.4. The standard InChI is InChI=1S/C16H16BrFO2/c1-16(19,13-5-3-4-6-15(13)20-2)10-11-9-12(18)7-8-14(11)17/h3-9,19H,10H2,1-2H3. The minimum atomic E-state index is -1.15. The van der Waals surface area contributed by atoms with Gasteiger partial charge in [0.1, 0.15) is 11.6 Å². The van der Waals surface area contributed by atoms with Gasteiger partial charge in [0.25, 0.3) is 0 Å². The molecular weight excluding hydrogens is 323 g/mol. The summed E-state index contributed by atoms with van der Waals surface area (Å²) in [6.07, 6.45) is 0.283. The van der Waals surface area contributed by atoms with Gasteiger partial charge in [-0.05, 0) is 36.8 Å². The molecule has 20 heavy (non-hydrogen) atoms. The lowest BCUT2D eigenvalue weighted by molar-refractivity contribution is 0.0547. The molecule has 0 radical (unpaired) electrons. The Morgan fingerprint density at radius 3 is 2.65 bits per heavy atom. The lowest BCUT2D eigenvalue weighted by atomic mass is 9.88. The molecule has 0 amide bonds. The molecule has 2 aromatic rings. The second kappa shape index (κ2) is 5.94. The van der Waals surface area contributed by atoms with Gasteiger partial charge >= 0.3 is 0 Å². The van der Waals surface area contributed by atoms with E-state index in [1.807, 2.05) is 18.2 Å². The predicted molar refractivity (Wildman–Crippen MR) is 80.4 cm³/mol. The highest BCUT2D eigenvalue weighted by Crippen LogP contribution is 2.34. The molecule has 106 valence electrons. The van der Waals surface area contributed by atoms with Crippen molar-refractivity contribution in [3.8, 4) is 5.75 Å². The number of hydrogen-bond donors (Lipinski definition) is 1. The molecule has 2 nitrogen and oxygen atoms in total. The van der Waals surface area contributed by atoms with E-state index in [-0.39, 0.29) is 12.2 Å². The van der Waals surface area contributed by atoms with Crippen LogP contribution in [-0.4, -0.2) is 12.2 Å². The zero-order valence-corrected chi connectivity index (χ0v) is 12.9. The molecule has 1 unspecified atom stereocenters. The van der Waals surface area contributed by atoms with Gasteiger partial charge in [0, 0.05) is 16.5 Å². The molecule has 4 heteroatoms. The van der Waals surface area contributed by atoms with Crippen LogP contribution in [0.3, 0.4) is 0 Å². The van der Waals surface area contributed by atoms with Crippen LogP contribution in [0, 0.1) is 5.82 Å². The van der Waals surface area contributed by atoms with Gasteiger partial charge in [-0.25, -0.2) is 4.39 Å². The molecule has 0 aliphatic carbocycles. The van der Waals surface area contributed by atoms with E-state index in [1.165, 1.54) is 12.1 Å². The third-order valence-electron chi connectivity index (χ3n) is 3.23. The summed E-state index contributed by atoms with van der Waals surface area (Å²) in [7, 11) is 1.56. The number of halogens is 2. The molecule has 2 aromatic carbocycles. The molecule has 0 saturated carbocycles. The van der Waals surface area contributed by atoms with E-state index in [0.717, 1.165) is 4.47 Å². The van der Waals surface area contributed by atoms with Gasteiger partial charge in [-0.15, -0.1) is 0 Å². The van der Waals surface area contributed by atoms with Crippen molar-refractivity contribution in [3.05, 3.63) is 63.9 Å². The molecular formula is C16H16BrFO2. The molecule has 0 spiro atoms. The van der Waals surface area contributed by atoms with Gasteiger partial charge in [-0.1, -0.05) is 34.1 Å². The van der Waals surface area contributed by atoms with Crippen molar-refractivity contribution in [2.45, 2.75) is 18.9 Å². The number of para-hydroxylation sites is 1. The van der Waals surface area contributed by atoms with Gasteiger partial charge in [0.2, 0.25) is 0 Å². The molecule has 0 aromatic heterocycles. The largest absolute Gasteiger partial charge is 0.496 e. The fourth-order valence-electron chi connectivity index (χ4n) is 2.23. The number of ether oxygens (including phenoxy) is 1. The average molecular weight is 339 g/mol. The monoisotopic (exact) mass is 338 g/mol. The van der Waals surface area contributed by atoms with Crippen LogP contribution >= 0.6 is 15.9 Å². The second-order valence-corrected chi connectivity index (χ2v) is 5.74. The van der Waals surface area contributed by atoms with E-state index in [9.17, 15) is 9.50 Å². The van der Waals surface area contributed by atoms with Gasteiger partial charge < -0.3 is 9.84 Å². The summed E-state index contributed by atoms with van der Waals surface area (Å²) in [5.41, 5.74) is 0.239. The van der Waals surface area contributed by atoms with E-state index < -0.39 is 5.60 Å². The Kier molecular flexibility index (Phi) is 4.45. The normalized spacial score (nSPS) is 13.8. The van der Waals surface area contributed by atoms with Crippen LogP contribution in [0.5, 0.6) is 5.75 Å². The van der Waals surface area contributed by atoms with Crippen molar-refractivity contribution in [1.29, 1.82) is 0 Å². The van der Waals surface area contributed by atoms with Crippen LogP contribution in [0.15, 0.2) is 46.9 Å². The minimum Gasteiger partial charge on any atom is -0.496 e. The van der Waals surface area contributed by atoms with Gasteiger partial charge in [-0.2, -0.15) is 0 Å². The van der Waals surface area contributed by atoms with Gasteiger partial charge in [0.05, 0.1) is 12.7 Å². The summed E-state index contributed by atoms with van der Waals surface area (Å²) in [5.74, 6) is 0.295. The van der Waals surface area contributed by atoms with Crippen LogP contribution < -0.4 is 4.74 Å². The molecule has 1 atom stereocenters. The van der Waals surface area contributed by atoms with Crippen molar-refractivity contribution in [2.24, 2.45) is 0 Å². The Morgan fingerprint density at radius 2 is 1.95 bits per heavy atom. The summed E-state index contributed by atoms with van der Waals surface area (Å²) < 4.78 is 19.4. The van der Waals surface area contributed by atoms with Crippen molar-refractivity contribution in [2.75, 3.05) is 7.11 Å². The molecule has 0 bridgehead atoms. The molecule has 0 aliphatic heterocycles. The number of aliphatic hydroxyl groups is 1. The Morgan fingerprint density at radius 1 is 1.25 bits per heavy atom. The molecule has 0 aliphatic rings. The predicted octanol–water partition coefficient (Wildman–Crippen LogP) is 4.05. The summed E-state index contributed by atoms with van der Waals surface area (Å²) in [5, 5.41) is 10.7. The fraction of sp³-hybridized carbons (Fsp3) is 0.250. The number of rotatable bonds is 4. The Balaban J connectivity index is 2.37. The zero-order chi connectivity index (χ0) is 14.8. The lowest BCUT2D eigenvalue weighted by Gasteiger charge is -2.26. The third-order valence-corrected chi connectivity index (χ3v) is 4.00. The first-order valence-corrected chi connectivity index (χ1v) is 7.03. The van der Waals surface area contributed by atoms with E-state index in [1.54, 1.807) is 26.2 Å². The quantitative estimate of drug-likeness (QED) is 0.911. The minimum absolute atomic E-state index is 0.283. The maximum atomic E-state index is 13.3. The fourth-order valence-corrected chi connectivity index (χ4v) is 2.62. The Bertz CT molecular complexity index is 611. The highest BCUT2D eigenvalue weighted by Gasteiger charge is 2.27. The van der Waals surface area contributed by atoms with Crippen LogP contribution in [0.4, 0.5) is 4.39 Å². The Hall–Kier alpha value is -1.39. The molecule has 0 fully saturated rings. The number of benzene rings is 2. The maximum Gasteiger partial charge on any atom is 0.124 e. The smallest absolute Gasteiger partial charge is 0.124 e. The highest BCUT2D eigenvalue weighted by atomic mass is 79.9. The Labute approximate surface area is 126 Å². The average Bonchev–Trinajstić information content (AvgIpc) is 2.42. The van der Waals surface area contributed by atoms with Gasteiger partial charge in [0.15, 0.2) is 0 Å². The van der Waals surface area contributed by atoms with Crippen LogP contribution in [-0.2, 0) is 12.0 Å². The summed E-state index contributed by atoms with van der Waals surface area (Å²) in [6.45, 7) is 1.70. The SMILES string of the molecule is COc1ccccc1C(C)(O)Cc1cc(F)ccc1Br.